The van der Waals surface area contributed by atoms with E-state index in [1.807, 2.05) is 17.6 Å². The Morgan fingerprint density at radius 2 is 2.24 bits per heavy atom. The van der Waals surface area contributed by atoms with Crippen molar-refractivity contribution in [2.24, 2.45) is 0 Å². The molecule has 0 bridgehead atoms. The van der Waals surface area contributed by atoms with E-state index in [-0.39, 0.29) is 0 Å². The monoisotopic (exact) mass is 301 g/mol. The highest BCUT2D eigenvalue weighted by atomic mass is 32.1. The first-order valence-electron chi connectivity index (χ1n) is 6.89. The Balaban J connectivity index is 1.70. The summed E-state index contributed by atoms with van der Waals surface area (Å²) in [4.78, 5) is 7.86. The molecule has 0 spiro atoms. The second kappa shape index (κ2) is 7.77. The Labute approximate surface area is 129 Å². The number of ether oxygens (including phenoxy) is 1. The highest BCUT2D eigenvalue weighted by Gasteiger charge is 2.04. The minimum absolute atomic E-state index is 0.618. The quantitative estimate of drug-likeness (QED) is 0.789. The van der Waals surface area contributed by atoms with Gasteiger partial charge in [0.1, 0.15) is 12.4 Å². The molecule has 2 aromatic rings. The molecule has 1 aromatic heterocycles. The van der Waals surface area contributed by atoms with Crippen molar-refractivity contribution >= 4 is 11.3 Å². The van der Waals surface area contributed by atoms with Crippen LogP contribution in [0.3, 0.4) is 0 Å². The number of aryl methyl sites for hydroxylation is 1. The Kier molecular flexibility index (Phi) is 5.73. The molecular formula is C16H19N3OS. The van der Waals surface area contributed by atoms with Gasteiger partial charge in [-0.1, -0.05) is 6.07 Å². The van der Waals surface area contributed by atoms with E-state index in [4.69, 9.17) is 10.00 Å². The third-order valence-electron chi connectivity index (χ3n) is 3.27. The van der Waals surface area contributed by atoms with Gasteiger partial charge < -0.3 is 9.64 Å². The Morgan fingerprint density at radius 1 is 1.38 bits per heavy atom. The molecular weight excluding hydrogens is 282 g/mol. The third-order valence-corrected chi connectivity index (χ3v) is 4.27. The Hall–Kier alpha value is -1.90. The van der Waals surface area contributed by atoms with E-state index in [1.54, 1.807) is 23.5 Å². The maximum absolute atomic E-state index is 8.84. The van der Waals surface area contributed by atoms with Crippen molar-refractivity contribution in [1.82, 2.24) is 9.88 Å². The van der Waals surface area contributed by atoms with Gasteiger partial charge in [-0.25, -0.2) is 4.98 Å². The summed E-state index contributed by atoms with van der Waals surface area (Å²) in [7, 11) is 2.09. The van der Waals surface area contributed by atoms with Crippen molar-refractivity contribution in [2.45, 2.75) is 13.3 Å². The molecule has 2 rings (SSSR count). The van der Waals surface area contributed by atoms with Crippen molar-refractivity contribution in [3.05, 3.63) is 45.9 Å². The standard InChI is InChI=1S/C16H19N3OS/c1-13-16(21-12-18-13)6-7-19(2)8-9-20-15-5-3-4-14(10-15)11-17/h3-5,10,12H,6-9H2,1-2H3. The van der Waals surface area contributed by atoms with Gasteiger partial charge in [-0.3, -0.25) is 0 Å². The lowest BCUT2D eigenvalue weighted by molar-refractivity contribution is 0.239. The number of hydrogen-bond acceptors (Lipinski definition) is 5. The maximum Gasteiger partial charge on any atom is 0.120 e. The molecule has 0 aliphatic heterocycles. The fourth-order valence-corrected chi connectivity index (χ4v) is 2.72. The number of aromatic nitrogens is 1. The van der Waals surface area contributed by atoms with Crippen LogP contribution in [0.15, 0.2) is 29.8 Å². The predicted molar refractivity (Wildman–Crippen MR) is 84.7 cm³/mol. The van der Waals surface area contributed by atoms with Crippen molar-refractivity contribution < 1.29 is 4.74 Å². The molecule has 0 amide bonds. The SMILES string of the molecule is Cc1ncsc1CCN(C)CCOc1cccc(C#N)c1. The third kappa shape index (κ3) is 4.85. The zero-order valence-electron chi connectivity index (χ0n) is 12.4. The van der Waals surface area contributed by atoms with Gasteiger partial charge in [0.05, 0.1) is 22.8 Å². The fraction of sp³-hybridized carbons (Fsp3) is 0.375. The number of thiazole rings is 1. The molecule has 110 valence electrons. The first kappa shape index (κ1) is 15.5. The van der Waals surface area contributed by atoms with E-state index >= 15 is 0 Å². The van der Waals surface area contributed by atoms with Crippen LogP contribution in [-0.2, 0) is 6.42 Å². The van der Waals surface area contributed by atoms with Crippen molar-refractivity contribution in [3.8, 4) is 11.8 Å². The summed E-state index contributed by atoms with van der Waals surface area (Å²) < 4.78 is 5.68. The number of likely N-dealkylation sites (N-methyl/N-ethyl adjacent to an activating group) is 1. The highest BCUT2D eigenvalue weighted by Crippen LogP contribution is 2.14. The predicted octanol–water partition coefficient (Wildman–Crippen LogP) is 2.88. The van der Waals surface area contributed by atoms with Gasteiger partial charge in [0.25, 0.3) is 0 Å². The molecule has 1 aromatic carbocycles. The summed E-state index contributed by atoms with van der Waals surface area (Å²) in [5, 5.41) is 8.84. The van der Waals surface area contributed by atoms with Crippen molar-refractivity contribution in [3.63, 3.8) is 0 Å². The summed E-state index contributed by atoms with van der Waals surface area (Å²) in [6, 6.07) is 9.37. The van der Waals surface area contributed by atoms with E-state index in [0.29, 0.717) is 12.2 Å². The minimum Gasteiger partial charge on any atom is -0.492 e. The average Bonchev–Trinajstić information content (AvgIpc) is 2.91. The van der Waals surface area contributed by atoms with E-state index in [1.165, 1.54) is 4.88 Å². The number of rotatable bonds is 7. The largest absolute Gasteiger partial charge is 0.492 e. The lowest BCUT2D eigenvalue weighted by atomic mass is 10.2. The lowest BCUT2D eigenvalue weighted by Crippen LogP contribution is -2.26. The van der Waals surface area contributed by atoms with Crippen LogP contribution in [0.25, 0.3) is 0 Å². The summed E-state index contributed by atoms with van der Waals surface area (Å²) in [6.07, 6.45) is 1.02. The van der Waals surface area contributed by atoms with Crippen LogP contribution >= 0.6 is 11.3 Å². The highest BCUT2D eigenvalue weighted by molar-refractivity contribution is 7.09. The molecule has 0 aliphatic rings. The first-order chi connectivity index (χ1) is 10.2. The van der Waals surface area contributed by atoms with Crippen molar-refractivity contribution in [2.75, 3.05) is 26.7 Å². The number of hydrogen-bond donors (Lipinski definition) is 0. The Bertz CT molecular complexity index is 618. The Morgan fingerprint density at radius 3 is 2.95 bits per heavy atom. The van der Waals surface area contributed by atoms with Crippen LogP contribution in [0.1, 0.15) is 16.1 Å². The van der Waals surface area contributed by atoms with Gasteiger partial charge in [-0.05, 0) is 38.6 Å². The van der Waals surface area contributed by atoms with Crippen LogP contribution in [0, 0.1) is 18.3 Å². The summed E-state index contributed by atoms with van der Waals surface area (Å²) in [5.74, 6) is 0.751. The fourth-order valence-electron chi connectivity index (χ4n) is 1.95. The van der Waals surface area contributed by atoms with Crippen LogP contribution in [0.4, 0.5) is 0 Å². The summed E-state index contributed by atoms with van der Waals surface area (Å²) >= 11 is 1.72. The second-order valence-corrected chi connectivity index (χ2v) is 5.84. The molecule has 4 nitrogen and oxygen atoms in total. The van der Waals surface area contributed by atoms with Gasteiger partial charge in [-0.15, -0.1) is 11.3 Å². The van der Waals surface area contributed by atoms with Gasteiger partial charge in [0.15, 0.2) is 0 Å². The van der Waals surface area contributed by atoms with E-state index < -0.39 is 0 Å². The molecule has 21 heavy (non-hydrogen) atoms. The van der Waals surface area contributed by atoms with Crippen LogP contribution in [0.2, 0.25) is 0 Å². The van der Waals surface area contributed by atoms with Crippen molar-refractivity contribution in [1.29, 1.82) is 5.26 Å². The molecule has 0 unspecified atom stereocenters. The zero-order chi connectivity index (χ0) is 15.1. The molecule has 0 saturated carbocycles. The average molecular weight is 301 g/mol. The molecule has 0 atom stereocenters. The number of nitrogens with zero attached hydrogens (tertiary/aromatic N) is 3. The molecule has 0 saturated heterocycles. The minimum atomic E-state index is 0.618. The molecule has 0 aliphatic carbocycles. The smallest absolute Gasteiger partial charge is 0.120 e. The molecule has 0 N–H and O–H groups in total. The molecule has 0 radical (unpaired) electrons. The molecule has 0 fully saturated rings. The summed E-state index contributed by atoms with van der Waals surface area (Å²) in [6.45, 7) is 4.52. The number of nitriles is 1. The van der Waals surface area contributed by atoms with E-state index in [2.05, 4.69) is 29.9 Å². The van der Waals surface area contributed by atoms with Gasteiger partial charge in [-0.2, -0.15) is 5.26 Å². The van der Waals surface area contributed by atoms with Gasteiger partial charge >= 0.3 is 0 Å². The van der Waals surface area contributed by atoms with Crippen LogP contribution in [0.5, 0.6) is 5.75 Å². The molecule has 5 heteroatoms. The first-order valence-corrected chi connectivity index (χ1v) is 7.77. The zero-order valence-corrected chi connectivity index (χ0v) is 13.2. The second-order valence-electron chi connectivity index (χ2n) is 4.90. The summed E-state index contributed by atoms with van der Waals surface area (Å²) in [5.41, 5.74) is 3.66. The van der Waals surface area contributed by atoms with Crippen LogP contribution < -0.4 is 4.74 Å². The lowest BCUT2D eigenvalue weighted by Gasteiger charge is -2.16. The number of benzene rings is 1. The molecule has 1 heterocycles. The normalized spacial score (nSPS) is 10.6. The van der Waals surface area contributed by atoms with Gasteiger partial charge in [0, 0.05) is 18.0 Å². The maximum atomic E-state index is 8.84. The van der Waals surface area contributed by atoms with E-state index in [9.17, 15) is 0 Å². The van der Waals surface area contributed by atoms with E-state index in [0.717, 1.165) is 31.0 Å². The topological polar surface area (TPSA) is 49.2 Å². The van der Waals surface area contributed by atoms with Gasteiger partial charge in [0.2, 0.25) is 0 Å². The van der Waals surface area contributed by atoms with Crippen LogP contribution in [-0.4, -0.2) is 36.6 Å².